The van der Waals surface area contributed by atoms with E-state index in [0.29, 0.717) is 5.82 Å². The number of halogens is 1. The highest BCUT2D eigenvalue weighted by Crippen LogP contribution is 2.18. The van der Waals surface area contributed by atoms with Crippen LogP contribution in [0.2, 0.25) is 0 Å². The average molecular weight is 374 g/mol. The predicted octanol–water partition coefficient (Wildman–Crippen LogP) is 4.61. The second-order valence-corrected chi connectivity index (χ2v) is 6.40. The van der Waals surface area contributed by atoms with Gasteiger partial charge in [-0.1, -0.05) is 30.3 Å². The molecule has 0 radical (unpaired) electrons. The summed E-state index contributed by atoms with van der Waals surface area (Å²) in [6, 6.07) is 17.6. The summed E-state index contributed by atoms with van der Waals surface area (Å²) in [6.45, 7) is 0.754. The van der Waals surface area contributed by atoms with E-state index in [-0.39, 0.29) is 5.56 Å². The molecule has 28 heavy (non-hydrogen) atoms. The summed E-state index contributed by atoms with van der Waals surface area (Å²) in [5.41, 5.74) is 3.23. The summed E-state index contributed by atoms with van der Waals surface area (Å²) >= 11 is 0. The van der Waals surface area contributed by atoms with Gasteiger partial charge in [0.2, 0.25) is 0 Å². The van der Waals surface area contributed by atoms with Gasteiger partial charge < -0.3 is 15.6 Å². The average Bonchev–Trinajstić information content (AvgIpc) is 3.13. The first kappa shape index (κ1) is 17.7. The van der Waals surface area contributed by atoms with Crippen LogP contribution in [-0.4, -0.2) is 22.4 Å². The van der Waals surface area contributed by atoms with Crippen molar-refractivity contribution >= 4 is 28.3 Å². The lowest BCUT2D eigenvalue weighted by Crippen LogP contribution is -2.14. The number of anilines is 2. The second-order valence-electron chi connectivity index (χ2n) is 6.40. The first-order chi connectivity index (χ1) is 13.7. The third-order valence-electron chi connectivity index (χ3n) is 4.52. The molecular formula is C22H19FN4O. The Labute approximate surface area is 161 Å². The van der Waals surface area contributed by atoms with Crippen LogP contribution >= 0.6 is 0 Å². The molecule has 4 aromatic rings. The number of pyridine rings is 1. The molecule has 6 heteroatoms. The summed E-state index contributed by atoms with van der Waals surface area (Å²) in [6.07, 6.45) is 4.55. The first-order valence-corrected chi connectivity index (χ1v) is 9.01. The molecule has 0 aliphatic heterocycles. The number of amides is 1. The molecule has 2 aromatic carbocycles. The van der Waals surface area contributed by atoms with E-state index in [1.807, 2.05) is 24.4 Å². The van der Waals surface area contributed by atoms with Crippen molar-refractivity contribution in [1.29, 1.82) is 0 Å². The van der Waals surface area contributed by atoms with Gasteiger partial charge in [-0.2, -0.15) is 0 Å². The number of rotatable bonds is 6. The van der Waals surface area contributed by atoms with Gasteiger partial charge in [0.15, 0.2) is 0 Å². The van der Waals surface area contributed by atoms with Crippen LogP contribution < -0.4 is 10.6 Å². The van der Waals surface area contributed by atoms with Gasteiger partial charge in [-0.05, 0) is 42.3 Å². The fourth-order valence-corrected chi connectivity index (χ4v) is 3.08. The first-order valence-electron chi connectivity index (χ1n) is 9.01. The Hall–Kier alpha value is -3.67. The van der Waals surface area contributed by atoms with Crippen LogP contribution in [-0.2, 0) is 6.42 Å². The van der Waals surface area contributed by atoms with Crippen molar-refractivity contribution in [3.63, 3.8) is 0 Å². The predicted molar refractivity (Wildman–Crippen MR) is 109 cm³/mol. The number of nitrogens with zero attached hydrogens (tertiary/aromatic N) is 1. The molecule has 0 unspecified atom stereocenters. The maximum Gasteiger partial charge on any atom is 0.259 e. The minimum absolute atomic E-state index is 0.00905. The number of fused-ring (bicyclic) bond motifs is 1. The number of aromatic nitrogens is 2. The molecule has 0 spiro atoms. The molecule has 0 aliphatic carbocycles. The molecule has 0 saturated carbocycles. The van der Waals surface area contributed by atoms with Crippen LogP contribution in [0.15, 0.2) is 73.1 Å². The Balaban J connectivity index is 1.33. The molecule has 0 bridgehead atoms. The fraction of sp³-hybridized carbons (Fsp3) is 0.0909. The van der Waals surface area contributed by atoms with Gasteiger partial charge in [0.05, 0.1) is 17.4 Å². The highest BCUT2D eigenvalue weighted by molar-refractivity contribution is 6.03. The van der Waals surface area contributed by atoms with E-state index in [9.17, 15) is 9.18 Å². The lowest BCUT2D eigenvalue weighted by atomic mass is 10.1. The summed E-state index contributed by atoms with van der Waals surface area (Å²) in [4.78, 5) is 19.6. The molecule has 3 N–H and O–H groups in total. The molecule has 2 heterocycles. The van der Waals surface area contributed by atoms with Crippen molar-refractivity contribution in [3.8, 4) is 0 Å². The normalized spacial score (nSPS) is 10.8. The van der Waals surface area contributed by atoms with Gasteiger partial charge in [-0.3, -0.25) is 4.79 Å². The van der Waals surface area contributed by atoms with Crippen molar-refractivity contribution < 1.29 is 9.18 Å². The quantitative estimate of drug-likeness (QED) is 0.462. The molecule has 0 saturated heterocycles. The van der Waals surface area contributed by atoms with E-state index in [4.69, 9.17) is 0 Å². The summed E-state index contributed by atoms with van der Waals surface area (Å²) < 4.78 is 13.7. The number of aromatic amines is 1. The Morgan fingerprint density at radius 3 is 2.68 bits per heavy atom. The molecular weight excluding hydrogens is 355 g/mol. The van der Waals surface area contributed by atoms with Crippen LogP contribution in [0.25, 0.3) is 10.9 Å². The summed E-state index contributed by atoms with van der Waals surface area (Å²) in [5.74, 6) is -0.711. The molecule has 1 amide bonds. The van der Waals surface area contributed by atoms with Crippen LogP contribution in [0.3, 0.4) is 0 Å². The lowest BCUT2D eigenvalue weighted by Gasteiger charge is -2.08. The second kappa shape index (κ2) is 7.92. The largest absolute Gasteiger partial charge is 0.383 e. The molecule has 4 rings (SSSR count). The zero-order chi connectivity index (χ0) is 19.3. The Kier molecular flexibility index (Phi) is 5.01. The minimum atomic E-state index is -0.560. The Morgan fingerprint density at radius 1 is 1.04 bits per heavy atom. The Bertz CT molecular complexity index is 1100. The van der Waals surface area contributed by atoms with Crippen LogP contribution in [0.5, 0.6) is 0 Å². The lowest BCUT2D eigenvalue weighted by molar-refractivity contribution is 0.102. The van der Waals surface area contributed by atoms with Crippen molar-refractivity contribution in [2.75, 3.05) is 17.2 Å². The van der Waals surface area contributed by atoms with E-state index in [0.717, 1.165) is 24.2 Å². The smallest absolute Gasteiger partial charge is 0.259 e. The van der Waals surface area contributed by atoms with E-state index in [1.54, 1.807) is 24.4 Å². The van der Waals surface area contributed by atoms with Gasteiger partial charge in [-0.25, -0.2) is 9.37 Å². The number of carbonyl (C=O) groups is 1. The van der Waals surface area contributed by atoms with Crippen molar-refractivity contribution in [2.24, 2.45) is 0 Å². The number of carbonyl (C=O) groups excluding carboxylic acids is 1. The maximum atomic E-state index is 13.7. The Morgan fingerprint density at radius 2 is 1.86 bits per heavy atom. The molecule has 0 aliphatic rings. The number of benzene rings is 2. The zero-order valence-corrected chi connectivity index (χ0v) is 15.1. The van der Waals surface area contributed by atoms with Gasteiger partial charge in [0, 0.05) is 23.6 Å². The van der Waals surface area contributed by atoms with Gasteiger partial charge in [-0.15, -0.1) is 0 Å². The molecule has 0 fully saturated rings. The number of H-pyrrole nitrogens is 1. The van der Waals surface area contributed by atoms with Gasteiger partial charge >= 0.3 is 0 Å². The molecule has 140 valence electrons. The monoisotopic (exact) mass is 374 g/mol. The molecule has 5 nitrogen and oxygen atoms in total. The third kappa shape index (κ3) is 3.86. The van der Waals surface area contributed by atoms with E-state index in [2.05, 4.69) is 32.7 Å². The highest BCUT2D eigenvalue weighted by atomic mass is 19.1. The standard InChI is InChI=1S/C22H19FN4O/c23-19-7-3-1-6-18(19)22(28)27-21-10-9-16(14-26-21)24-12-11-15-13-25-20-8-4-2-5-17(15)20/h1-10,13-14,24-25H,11-12H2,(H,26,27,28). The van der Waals surface area contributed by atoms with Crippen LogP contribution in [0, 0.1) is 5.82 Å². The number of para-hydroxylation sites is 1. The van der Waals surface area contributed by atoms with Crippen molar-refractivity contribution in [3.05, 3.63) is 90.0 Å². The topological polar surface area (TPSA) is 69.8 Å². The van der Waals surface area contributed by atoms with Crippen molar-refractivity contribution in [1.82, 2.24) is 9.97 Å². The fourth-order valence-electron chi connectivity index (χ4n) is 3.08. The van der Waals surface area contributed by atoms with Crippen LogP contribution in [0.4, 0.5) is 15.9 Å². The number of hydrogen-bond acceptors (Lipinski definition) is 3. The van der Waals surface area contributed by atoms with Crippen LogP contribution in [0.1, 0.15) is 15.9 Å². The number of nitrogens with one attached hydrogen (secondary N) is 3. The maximum absolute atomic E-state index is 13.7. The zero-order valence-electron chi connectivity index (χ0n) is 15.1. The molecule has 0 atom stereocenters. The summed E-state index contributed by atoms with van der Waals surface area (Å²) in [5, 5.41) is 7.15. The molecule has 2 aromatic heterocycles. The number of hydrogen-bond donors (Lipinski definition) is 3. The van der Waals surface area contributed by atoms with Crippen molar-refractivity contribution in [2.45, 2.75) is 6.42 Å². The third-order valence-corrected chi connectivity index (χ3v) is 4.52. The SMILES string of the molecule is O=C(Nc1ccc(NCCc2c[nH]c3ccccc23)cn1)c1ccccc1F. The van der Waals surface area contributed by atoms with E-state index >= 15 is 0 Å². The van der Waals surface area contributed by atoms with E-state index in [1.165, 1.54) is 23.1 Å². The van der Waals surface area contributed by atoms with Gasteiger partial charge in [0.1, 0.15) is 11.6 Å². The highest BCUT2D eigenvalue weighted by Gasteiger charge is 2.11. The van der Waals surface area contributed by atoms with Gasteiger partial charge in [0.25, 0.3) is 5.91 Å². The van der Waals surface area contributed by atoms with E-state index < -0.39 is 11.7 Å². The minimum Gasteiger partial charge on any atom is -0.383 e. The summed E-state index contributed by atoms with van der Waals surface area (Å²) in [7, 11) is 0.